The van der Waals surface area contributed by atoms with Crippen LogP contribution in [0.25, 0.3) is 11.1 Å². The minimum Gasteiger partial charge on any atom is -0.497 e. The van der Waals surface area contributed by atoms with Crippen LogP contribution >= 0.6 is 0 Å². The maximum Gasteiger partial charge on any atom is 0.121 e. The summed E-state index contributed by atoms with van der Waals surface area (Å²) in [6.45, 7) is 0. The Balaban J connectivity index is 2.18. The van der Waals surface area contributed by atoms with Gasteiger partial charge >= 0.3 is 0 Å². The van der Waals surface area contributed by atoms with Gasteiger partial charge in [-0.2, -0.15) is 0 Å². The van der Waals surface area contributed by atoms with Crippen LogP contribution in [0.15, 0.2) is 42.5 Å². The van der Waals surface area contributed by atoms with Gasteiger partial charge in [0.2, 0.25) is 0 Å². The highest BCUT2D eigenvalue weighted by molar-refractivity contribution is 5.90. The van der Waals surface area contributed by atoms with Gasteiger partial charge in [0, 0.05) is 17.2 Å². The van der Waals surface area contributed by atoms with Gasteiger partial charge in [-0.15, -0.1) is 0 Å². The Hall–Kier alpha value is -1.96. The van der Waals surface area contributed by atoms with Crippen LogP contribution < -0.4 is 10.1 Å². The lowest BCUT2D eigenvalue weighted by Crippen LogP contribution is -1.85. The minimum atomic E-state index is 0.852. The van der Waals surface area contributed by atoms with E-state index in [1.54, 1.807) is 7.11 Å². The van der Waals surface area contributed by atoms with Crippen LogP contribution in [0.2, 0.25) is 0 Å². The normalized spacial score (nSPS) is 11.5. The van der Waals surface area contributed by atoms with Crippen LogP contribution in [0.3, 0.4) is 0 Å². The van der Waals surface area contributed by atoms with Gasteiger partial charge in [0.25, 0.3) is 0 Å². The Morgan fingerprint density at radius 2 is 1.73 bits per heavy atom. The molecule has 1 heterocycles. The fraction of sp³-hybridized carbons (Fsp3) is 0.0769. The summed E-state index contributed by atoms with van der Waals surface area (Å²) in [6.07, 6.45) is 0. The van der Waals surface area contributed by atoms with Crippen molar-refractivity contribution in [3.63, 3.8) is 0 Å². The quantitative estimate of drug-likeness (QED) is 0.586. The largest absolute Gasteiger partial charge is 0.497 e. The highest BCUT2D eigenvalue weighted by Gasteiger charge is 2.18. The van der Waals surface area contributed by atoms with Gasteiger partial charge in [0.15, 0.2) is 0 Å². The third-order valence-electron chi connectivity index (χ3n) is 2.64. The van der Waals surface area contributed by atoms with Crippen molar-refractivity contribution in [2.45, 2.75) is 0 Å². The summed E-state index contributed by atoms with van der Waals surface area (Å²) >= 11 is 0. The fourth-order valence-corrected chi connectivity index (χ4v) is 1.89. The standard InChI is InChI=1S/C13H10NO/c1-15-9-6-7-11-10-4-2-3-5-12(10)14-13(11)8-9/h2-8H,1H3. The average molecular weight is 196 g/mol. The highest BCUT2D eigenvalue weighted by Crippen LogP contribution is 2.43. The molecule has 0 spiro atoms. The van der Waals surface area contributed by atoms with Crippen molar-refractivity contribution in [2.75, 3.05) is 7.11 Å². The first-order chi connectivity index (χ1) is 7.38. The van der Waals surface area contributed by atoms with Gasteiger partial charge in [-0.1, -0.05) is 18.2 Å². The summed E-state index contributed by atoms with van der Waals surface area (Å²) in [5, 5.41) is 4.54. The van der Waals surface area contributed by atoms with E-state index in [0.29, 0.717) is 0 Å². The van der Waals surface area contributed by atoms with E-state index in [1.807, 2.05) is 30.3 Å². The number of rotatable bonds is 1. The fourth-order valence-electron chi connectivity index (χ4n) is 1.89. The molecule has 0 aliphatic carbocycles. The molecule has 0 saturated carbocycles. The lowest BCUT2D eigenvalue weighted by Gasteiger charge is -2.02. The zero-order chi connectivity index (χ0) is 10.3. The lowest BCUT2D eigenvalue weighted by atomic mass is 10.1. The second-order valence-corrected chi connectivity index (χ2v) is 3.51. The lowest BCUT2D eigenvalue weighted by molar-refractivity contribution is 0.415. The van der Waals surface area contributed by atoms with Crippen molar-refractivity contribution in [3.8, 4) is 16.9 Å². The predicted molar refractivity (Wildman–Crippen MR) is 59.9 cm³/mol. The molecule has 0 atom stereocenters. The first-order valence-corrected chi connectivity index (χ1v) is 4.87. The maximum atomic E-state index is 5.18. The van der Waals surface area contributed by atoms with E-state index in [1.165, 1.54) is 11.1 Å². The molecule has 2 heteroatoms. The summed E-state index contributed by atoms with van der Waals surface area (Å²) < 4.78 is 5.18. The Morgan fingerprint density at radius 1 is 0.933 bits per heavy atom. The van der Waals surface area contributed by atoms with Crippen LogP contribution in [0.5, 0.6) is 5.75 Å². The topological polar surface area (TPSA) is 23.3 Å². The van der Waals surface area contributed by atoms with Crippen molar-refractivity contribution < 1.29 is 4.74 Å². The van der Waals surface area contributed by atoms with Crippen molar-refractivity contribution in [1.29, 1.82) is 0 Å². The summed E-state index contributed by atoms with van der Waals surface area (Å²) in [5.41, 5.74) is 4.43. The highest BCUT2D eigenvalue weighted by atomic mass is 16.5. The Kier molecular flexibility index (Phi) is 1.68. The molecule has 0 N–H and O–H groups in total. The molecule has 3 rings (SSSR count). The molecular weight excluding hydrogens is 186 g/mol. The maximum absolute atomic E-state index is 5.18. The molecular formula is C13H10NO. The molecule has 2 nitrogen and oxygen atoms in total. The van der Waals surface area contributed by atoms with Gasteiger partial charge in [-0.25, -0.2) is 5.32 Å². The number of para-hydroxylation sites is 1. The molecule has 0 saturated heterocycles. The first kappa shape index (κ1) is 8.36. The van der Waals surface area contributed by atoms with Gasteiger partial charge in [-0.05, 0) is 18.2 Å². The van der Waals surface area contributed by atoms with Crippen LogP contribution in [0.1, 0.15) is 0 Å². The summed E-state index contributed by atoms with van der Waals surface area (Å²) in [7, 11) is 1.67. The smallest absolute Gasteiger partial charge is 0.121 e. The molecule has 2 aromatic carbocycles. The van der Waals surface area contributed by atoms with Gasteiger partial charge < -0.3 is 4.74 Å². The second-order valence-electron chi connectivity index (χ2n) is 3.51. The van der Waals surface area contributed by atoms with Crippen LogP contribution in [-0.4, -0.2) is 7.11 Å². The third-order valence-corrected chi connectivity index (χ3v) is 2.64. The number of hydrogen-bond acceptors (Lipinski definition) is 1. The number of benzene rings is 2. The number of hydrogen-bond donors (Lipinski definition) is 0. The molecule has 0 aromatic heterocycles. The monoisotopic (exact) mass is 196 g/mol. The van der Waals surface area contributed by atoms with Crippen LogP contribution in [0.4, 0.5) is 11.4 Å². The number of nitrogens with zero attached hydrogens (tertiary/aromatic N) is 1. The predicted octanol–water partition coefficient (Wildman–Crippen LogP) is 3.24. The van der Waals surface area contributed by atoms with Crippen LogP contribution in [-0.2, 0) is 0 Å². The number of methoxy groups -OCH3 is 1. The minimum absolute atomic E-state index is 0.852. The Labute approximate surface area is 88.5 Å². The van der Waals surface area contributed by atoms with Crippen molar-refractivity contribution in [1.82, 2.24) is 5.32 Å². The van der Waals surface area contributed by atoms with Crippen molar-refractivity contribution in [3.05, 3.63) is 42.5 Å². The molecule has 73 valence electrons. The molecule has 0 amide bonds. The zero-order valence-electron chi connectivity index (χ0n) is 8.40. The van der Waals surface area contributed by atoms with E-state index >= 15 is 0 Å². The van der Waals surface area contributed by atoms with E-state index in [0.717, 1.165) is 17.1 Å². The molecule has 0 unspecified atom stereocenters. The number of ether oxygens (including phenoxy) is 1. The molecule has 0 bridgehead atoms. The summed E-state index contributed by atoms with van der Waals surface area (Å²) in [6, 6.07) is 14.2. The van der Waals surface area contributed by atoms with E-state index in [4.69, 9.17) is 4.74 Å². The molecule has 15 heavy (non-hydrogen) atoms. The summed E-state index contributed by atoms with van der Waals surface area (Å²) in [5.74, 6) is 0.852. The molecule has 0 fully saturated rings. The molecule has 1 aliphatic heterocycles. The average Bonchev–Trinajstić information content (AvgIpc) is 2.66. The van der Waals surface area contributed by atoms with Crippen molar-refractivity contribution >= 4 is 11.4 Å². The van der Waals surface area contributed by atoms with E-state index in [9.17, 15) is 0 Å². The summed E-state index contributed by atoms with van der Waals surface area (Å²) in [4.78, 5) is 0. The second kappa shape index (κ2) is 3.02. The van der Waals surface area contributed by atoms with E-state index in [2.05, 4.69) is 17.4 Å². The Morgan fingerprint density at radius 3 is 2.60 bits per heavy atom. The molecule has 1 radical (unpaired) electrons. The van der Waals surface area contributed by atoms with Gasteiger partial charge in [-0.3, -0.25) is 0 Å². The van der Waals surface area contributed by atoms with E-state index < -0.39 is 0 Å². The Bertz CT molecular complexity index is 520. The third kappa shape index (κ3) is 1.18. The van der Waals surface area contributed by atoms with Gasteiger partial charge in [0.05, 0.1) is 18.5 Å². The van der Waals surface area contributed by atoms with E-state index in [-0.39, 0.29) is 0 Å². The van der Waals surface area contributed by atoms with Crippen LogP contribution in [0, 0.1) is 0 Å². The SMILES string of the molecule is COc1ccc2c(c1)[N]c1ccccc1-2. The van der Waals surface area contributed by atoms with Gasteiger partial charge in [0.1, 0.15) is 5.75 Å². The molecule has 1 aliphatic rings. The van der Waals surface area contributed by atoms with Crippen molar-refractivity contribution in [2.24, 2.45) is 0 Å². The first-order valence-electron chi connectivity index (χ1n) is 4.87. The molecule has 2 aromatic rings. The zero-order valence-corrected chi connectivity index (χ0v) is 8.40. The number of fused-ring (bicyclic) bond motifs is 3.